The first-order chi connectivity index (χ1) is 19.0. The van der Waals surface area contributed by atoms with Gasteiger partial charge in [0.1, 0.15) is 11.5 Å². The highest BCUT2D eigenvalue weighted by Gasteiger charge is 2.32. The van der Waals surface area contributed by atoms with Crippen molar-refractivity contribution in [3.8, 4) is 11.5 Å². The van der Waals surface area contributed by atoms with Crippen molar-refractivity contribution in [2.45, 2.75) is 63.8 Å². The van der Waals surface area contributed by atoms with Gasteiger partial charge in [-0.2, -0.15) is 0 Å². The molecule has 1 aromatic carbocycles. The van der Waals surface area contributed by atoms with Crippen LogP contribution in [0.5, 0.6) is 11.5 Å². The smallest absolute Gasteiger partial charge is 0.255 e. The fourth-order valence-corrected chi connectivity index (χ4v) is 6.45. The second-order valence-electron chi connectivity index (χ2n) is 11.2. The first kappa shape index (κ1) is 27.4. The van der Waals surface area contributed by atoms with Gasteiger partial charge < -0.3 is 19.3 Å². The Hall–Kier alpha value is -3.13. The van der Waals surface area contributed by atoms with E-state index >= 15 is 0 Å². The van der Waals surface area contributed by atoms with E-state index in [9.17, 15) is 9.59 Å². The zero-order valence-corrected chi connectivity index (χ0v) is 23.7. The molecular formula is C31H42N4O4. The predicted molar refractivity (Wildman–Crippen MR) is 151 cm³/mol. The molecule has 2 amide bonds. The standard InChI is InChI=1S/C31H42N4O4/c1-22-9-10-28(31(37)35-17-15-33(16-18-35)25-7-5-4-6-8-25)29(32-22)23-11-13-34(14-12-23)30(36)24-19-26(38-2)21-27(20-24)39-3/h9-10,19-21,23,25H,4-8,11-18H2,1-3H3. The quantitative estimate of drug-likeness (QED) is 0.543. The molecule has 1 aliphatic carbocycles. The molecule has 5 rings (SSSR count). The van der Waals surface area contributed by atoms with Crippen molar-refractivity contribution in [3.63, 3.8) is 0 Å². The Kier molecular flexibility index (Phi) is 8.70. The van der Waals surface area contributed by atoms with E-state index in [4.69, 9.17) is 14.5 Å². The maximum Gasteiger partial charge on any atom is 0.255 e. The Labute approximate surface area is 232 Å². The summed E-state index contributed by atoms with van der Waals surface area (Å²) in [4.78, 5) is 38.4. The number of hydrogen-bond donors (Lipinski definition) is 0. The molecule has 0 N–H and O–H groups in total. The minimum absolute atomic E-state index is 0.0324. The summed E-state index contributed by atoms with van der Waals surface area (Å²) in [7, 11) is 3.16. The van der Waals surface area contributed by atoms with E-state index in [1.807, 2.05) is 28.9 Å². The Morgan fingerprint density at radius 3 is 2.00 bits per heavy atom. The maximum absolute atomic E-state index is 13.7. The lowest BCUT2D eigenvalue weighted by molar-refractivity contribution is 0.0519. The van der Waals surface area contributed by atoms with Crippen LogP contribution < -0.4 is 9.47 Å². The predicted octanol–water partition coefficient (Wildman–Crippen LogP) is 4.52. The number of likely N-dealkylation sites (tertiary alicyclic amines) is 1. The molecule has 0 atom stereocenters. The van der Waals surface area contributed by atoms with Crippen LogP contribution >= 0.6 is 0 Å². The van der Waals surface area contributed by atoms with E-state index in [-0.39, 0.29) is 17.7 Å². The van der Waals surface area contributed by atoms with Crippen LogP contribution in [0.3, 0.4) is 0 Å². The fraction of sp³-hybridized carbons (Fsp3) is 0.581. The number of nitrogens with zero attached hydrogens (tertiary/aromatic N) is 4. The Bertz CT molecular complexity index is 1140. The Morgan fingerprint density at radius 2 is 1.38 bits per heavy atom. The number of hydrogen-bond acceptors (Lipinski definition) is 6. The van der Waals surface area contributed by atoms with Crippen LogP contribution in [0, 0.1) is 6.92 Å². The molecule has 3 aliphatic rings. The molecule has 2 aliphatic heterocycles. The molecule has 8 nitrogen and oxygen atoms in total. The van der Waals surface area contributed by atoms with Gasteiger partial charge in [-0.15, -0.1) is 0 Å². The molecule has 1 saturated carbocycles. The van der Waals surface area contributed by atoms with E-state index in [1.54, 1.807) is 32.4 Å². The highest BCUT2D eigenvalue weighted by molar-refractivity contribution is 5.96. The summed E-state index contributed by atoms with van der Waals surface area (Å²) < 4.78 is 10.7. The highest BCUT2D eigenvalue weighted by atomic mass is 16.5. The average molecular weight is 535 g/mol. The summed E-state index contributed by atoms with van der Waals surface area (Å²) in [6.07, 6.45) is 8.18. The van der Waals surface area contributed by atoms with Crippen LogP contribution in [0.15, 0.2) is 30.3 Å². The van der Waals surface area contributed by atoms with Crippen molar-refractivity contribution in [3.05, 3.63) is 52.8 Å². The number of aromatic nitrogens is 1. The maximum atomic E-state index is 13.7. The van der Waals surface area contributed by atoms with Crippen molar-refractivity contribution in [2.75, 3.05) is 53.5 Å². The van der Waals surface area contributed by atoms with E-state index in [2.05, 4.69) is 4.90 Å². The van der Waals surface area contributed by atoms with Crippen molar-refractivity contribution >= 4 is 11.8 Å². The van der Waals surface area contributed by atoms with Gasteiger partial charge in [-0.05, 0) is 56.9 Å². The fourth-order valence-electron chi connectivity index (χ4n) is 6.45. The molecule has 3 heterocycles. The first-order valence-corrected chi connectivity index (χ1v) is 14.5. The summed E-state index contributed by atoms with van der Waals surface area (Å²) in [6.45, 7) is 6.69. The number of amides is 2. The van der Waals surface area contributed by atoms with Crippen molar-refractivity contribution in [2.24, 2.45) is 0 Å². The van der Waals surface area contributed by atoms with Crippen LogP contribution in [0.4, 0.5) is 0 Å². The summed E-state index contributed by atoms with van der Waals surface area (Å²) in [5.74, 6) is 1.41. The second-order valence-corrected chi connectivity index (χ2v) is 11.2. The topological polar surface area (TPSA) is 75.2 Å². The number of ether oxygens (including phenoxy) is 2. The molecule has 210 valence electrons. The number of carbonyl (C=O) groups is 2. The summed E-state index contributed by atoms with van der Waals surface area (Å²) in [5, 5.41) is 0. The van der Waals surface area contributed by atoms with Crippen LogP contribution in [-0.2, 0) is 0 Å². The molecule has 3 fully saturated rings. The molecule has 2 aromatic rings. The molecule has 0 spiro atoms. The van der Waals surface area contributed by atoms with Gasteiger partial charge in [0.05, 0.1) is 25.5 Å². The lowest BCUT2D eigenvalue weighted by Crippen LogP contribution is -2.52. The van der Waals surface area contributed by atoms with E-state index in [0.717, 1.165) is 56.0 Å². The van der Waals surface area contributed by atoms with Crippen molar-refractivity contribution in [1.82, 2.24) is 19.7 Å². The van der Waals surface area contributed by atoms with Crippen molar-refractivity contribution in [1.29, 1.82) is 0 Å². The van der Waals surface area contributed by atoms with Gasteiger partial charge in [0.2, 0.25) is 0 Å². The van der Waals surface area contributed by atoms with E-state index < -0.39 is 0 Å². The van der Waals surface area contributed by atoms with E-state index in [0.29, 0.717) is 36.2 Å². The molecule has 1 aromatic heterocycles. The number of piperidine rings is 1. The largest absolute Gasteiger partial charge is 0.497 e. The zero-order valence-electron chi connectivity index (χ0n) is 23.7. The van der Waals surface area contributed by atoms with Gasteiger partial charge in [0.15, 0.2) is 0 Å². The average Bonchev–Trinajstić information content (AvgIpc) is 3.00. The SMILES string of the molecule is COc1cc(OC)cc(C(=O)N2CCC(c3nc(C)ccc3C(=O)N3CCN(C4CCCCC4)CC3)CC2)c1. The molecule has 2 saturated heterocycles. The Balaban J connectivity index is 1.24. The minimum atomic E-state index is -0.0324. The lowest BCUT2D eigenvalue weighted by atomic mass is 9.89. The summed E-state index contributed by atoms with van der Waals surface area (Å²) in [6, 6.07) is 9.88. The van der Waals surface area contributed by atoms with Crippen LogP contribution in [0.25, 0.3) is 0 Å². The molecule has 0 bridgehead atoms. The zero-order chi connectivity index (χ0) is 27.4. The normalized spacial score (nSPS) is 19.7. The van der Waals surface area contributed by atoms with Gasteiger partial charge in [-0.1, -0.05) is 19.3 Å². The monoisotopic (exact) mass is 534 g/mol. The highest BCUT2D eigenvalue weighted by Crippen LogP contribution is 2.32. The number of aryl methyl sites for hydroxylation is 1. The van der Waals surface area contributed by atoms with E-state index in [1.165, 1.54) is 32.1 Å². The minimum Gasteiger partial charge on any atom is -0.497 e. The molecule has 39 heavy (non-hydrogen) atoms. The Morgan fingerprint density at radius 1 is 0.769 bits per heavy atom. The van der Waals surface area contributed by atoms with Gasteiger partial charge in [-0.3, -0.25) is 19.5 Å². The van der Waals surface area contributed by atoms with Crippen molar-refractivity contribution < 1.29 is 19.1 Å². The lowest BCUT2D eigenvalue weighted by Gasteiger charge is -2.41. The summed E-state index contributed by atoms with van der Waals surface area (Å²) >= 11 is 0. The number of carbonyl (C=O) groups excluding carboxylic acids is 2. The van der Waals surface area contributed by atoms with Gasteiger partial charge in [0, 0.05) is 68.6 Å². The third-order valence-corrected chi connectivity index (χ3v) is 8.75. The number of piperazine rings is 1. The van der Waals surface area contributed by atoms with Crippen LogP contribution in [-0.4, -0.2) is 91.0 Å². The number of pyridine rings is 1. The van der Waals surface area contributed by atoms with Crippen LogP contribution in [0.2, 0.25) is 0 Å². The molecule has 0 unspecified atom stereocenters. The third-order valence-electron chi connectivity index (χ3n) is 8.75. The molecule has 8 heteroatoms. The second kappa shape index (κ2) is 12.4. The van der Waals surface area contributed by atoms with Crippen LogP contribution in [0.1, 0.15) is 83.0 Å². The molecular weight excluding hydrogens is 492 g/mol. The third kappa shape index (κ3) is 6.21. The number of methoxy groups -OCH3 is 2. The van der Waals surface area contributed by atoms with Gasteiger partial charge in [0.25, 0.3) is 11.8 Å². The number of rotatable bonds is 6. The molecule has 0 radical (unpaired) electrons. The number of benzene rings is 1. The van der Waals surface area contributed by atoms with Gasteiger partial charge in [-0.25, -0.2) is 0 Å². The van der Waals surface area contributed by atoms with Gasteiger partial charge >= 0.3 is 0 Å². The summed E-state index contributed by atoms with van der Waals surface area (Å²) in [5.41, 5.74) is 3.10. The first-order valence-electron chi connectivity index (χ1n) is 14.5.